The van der Waals surface area contributed by atoms with Crippen molar-refractivity contribution in [2.45, 2.75) is 11.2 Å². The smallest absolute Gasteiger partial charge is 0.231 e. The fraction of sp³-hybridized carbons (Fsp3) is 0.130. The summed E-state index contributed by atoms with van der Waals surface area (Å²) in [4.78, 5) is 12.8. The number of carbonyl (C=O) groups is 1. The third kappa shape index (κ3) is 4.92. The van der Waals surface area contributed by atoms with Gasteiger partial charge in [-0.1, -0.05) is 84.6 Å². The fourth-order valence-corrected chi connectivity index (χ4v) is 3.90. The van der Waals surface area contributed by atoms with Crippen LogP contribution in [-0.4, -0.2) is 39.0 Å². The predicted octanol–water partition coefficient (Wildman–Crippen LogP) is 3.67. The van der Waals surface area contributed by atoms with Gasteiger partial charge in [0.2, 0.25) is 11.1 Å². The average Bonchev–Trinajstić information content (AvgIpc) is 3.31. The number of hydrogen-bond donors (Lipinski definition) is 1. The van der Waals surface area contributed by atoms with Gasteiger partial charge in [-0.3, -0.25) is 4.79 Å². The van der Waals surface area contributed by atoms with Gasteiger partial charge in [0.15, 0.2) is 0 Å². The van der Waals surface area contributed by atoms with E-state index in [0.29, 0.717) is 16.6 Å². The molecule has 3 aromatic carbocycles. The first-order valence-electron chi connectivity index (χ1n) is 9.70. The zero-order valence-electron chi connectivity index (χ0n) is 16.9. The first-order chi connectivity index (χ1) is 15.3. The van der Waals surface area contributed by atoms with E-state index in [9.17, 15) is 4.79 Å². The summed E-state index contributed by atoms with van der Waals surface area (Å²) < 4.78 is 6.97. The van der Waals surface area contributed by atoms with Crippen LogP contribution in [0.2, 0.25) is 0 Å². The molecule has 0 bridgehead atoms. The van der Waals surface area contributed by atoms with Gasteiger partial charge >= 0.3 is 0 Å². The molecule has 0 aliphatic heterocycles. The number of amides is 1. The molecule has 0 radical (unpaired) electrons. The minimum atomic E-state index is -0.235. The molecule has 31 heavy (non-hydrogen) atoms. The molecule has 1 N–H and O–H groups in total. The third-order valence-electron chi connectivity index (χ3n) is 4.66. The van der Waals surface area contributed by atoms with E-state index in [0.717, 1.165) is 11.1 Å². The number of methoxy groups -OCH3 is 1. The van der Waals surface area contributed by atoms with Crippen molar-refractivity contribution in [3.8, 4) is 11.4 Å². The summed E-state index contributed by atoms with van der Waals surface area (Å²) in [7, 11) is 1.59. The monoisotopic (exact) mass is 431 g/mol. The lowest BCUT2D eigenvalue weighted by molar-refractivity contribution is -0.119. The third-order valence-corrected chi connectivity index (χ3v) is 5.58. The van der Waals surface area contributed by atoms with Gasteiger partial charge in [0.05, 0.1) is 18.9 Å². The van der Waals surface area contributed by atoms with Crippen LogP contribution in [0.4, 0.5) is 0 Å². The molecule has 0 saturated carbocycles. The first kappa shape index (κ1) is 20.6. The molecule has 0 spiro atoms. The molecule has 7 nitrogen and oxygen atoms in total. The highest BCUT2D eigenvalue weighted by atomic mass is 32.2. The second-order valence-electron chi connectivity index (χ2n) is 6.66. The molecule has 0 saturated heterocycles. The standard InChI is InChI=1S/C23H21N5O2S/c1-30-20-15-9-8-14-19(20)28-23(25-26-27-28)31-16-21(29)24-22(17-10-4-2-5-11-17)18-12-6-3-7-13-18/h2-15,22H,16H2,1H3,(H,24,29). The summed E-state index contributed by atoms with van der Waals surface area (Å²) >= 11 is 1.27. The summed E-state index contributed by atoms with van der Waals surface area (Å²) in [5.41, 5.74) is 2.75. The molecule has 8 heteroatoms. The number of nitrogens with zero attached hydrogens (tertiary/aromatic N) is 4. The van der Waals surface area contributed by atoms with Gasteiger partial charge in [-0.05, 0) is 33.7 Å². The van der Waals surface area contributed by atoms with Crippen LogP contribution >= 0.6 is 11.8 Å². The summed E-state index contributed by atoms with van der Waals surface area (Å²) in [5.74, 6) is 0.706. The zero-order chi connectivity index (χ0) is 21.5. The maximum atomic E-state index is 12.8. The number of benzene rings is 3. The Morgan fingerprint density at radius 3 is 2.23 bits per heavy atom. The molecule has 1 amide bonds. The Bertz CT molecular complexity index is 1100. The Morgan fingerprint density at radius 1 is 0.968 bits per heavy atom. The summed E-state index contributed by atoms with van der Waals surface area (Å²) in [6, 6.07) is 27.0. The molecule has 1 aromatic heterocycles. The normalized spacial score (nSPS) is 10.8. The molecular formula is C23H21N5O2S. The number of nitrogens with one attached hydrogen (secondary N) is 1. The van der Waals surface area contributed by atoms with Gasteiger partial charge in [-0.15, -0.1) is 5.10 Å². The van der Waals surface area contributed by atoms with E-state index < -0.39 is 0 Å². The lowest BCUT2D eigenvalue weighted by Crippen LogP contribution is -2.30. The van der Waals surface area contributed by atoms with Crippen LogP contribution in [-0.2, 0) is 4.79 Å². The quantitative estimate of drug-likeness (QED) is 0.429. The van der Waals surface area contributed by atoms with Crippen LogP contribution in [0, 0.1) is 0 Å². The second kappa shape index (κ2) is 9.90. The number of hydrogen-bond acceptors (Lipinski definition) is 6. The van der Waals surface area contributed by atoms with Crippen molar-refractivity contribution in [2.75, 3.05) is 12.9 Å². The van der Waals surface area contributed by atoms with E-state index in [2.05, 4.69) is 20.8 Å². The number of para-hydroxylation sites is 2. The molecule has 0 unspecified atom stereocenters. The van der Waals surface area contributed by atoms with E-state index in [1.807, 2.05) is 84.9 Å². The number of rotatable bonds is 8. The number of tetrazole rings is 1. The molecular weight excluding hydrogens is 410 g/mol. The fourth-order valence-electron chi connectivity index (χ4n) is 3.21. The minimum Gasteiger partial charge on any atom is -0.494 e. The molecule has 4 aromatic rings. The van der Waals surface area contributed by atoms with Gasteiger partial charge in [0.25, 0.3) is 0 Å². The van der Waals surface area contributed by atoms with E-state index >= 15 is 0 Å². The van der Waals surface area contributed by atoms with Gasteiger partial charge in [-0.2, -0.15) is 4.68 Å². The highest BCUT2D eigenvalue weighted by molar-refractivity contribution is 7.99. The Hall–Kier alpha value is -3.65. The Morgan fingerprint density at radius 2 is 1.58 bits per heavy atom. The van der Waals surface area contributed by atoms with Crippen molar-refractivity contribution < 1.29 is 9.53 Å². The van der Waals surface area contributed by atoms with Crippen LogP contribution in [0.1, 0.15) is 17.2 Å². The van der Waals surface area contributed by atoms with Gasteiger partial charge in [0, 0.05) is 0 Å². The number of thioether (sulfide) groups is 1. The van der Waals surface area contributed by atoms with Crippen molar-refractivity contribution in [3.63, 3.8) is 0 Å². The van der Waals surface area contributed by atoms with Crippen LogP contribution in [0.25, 0.3) is 5.69 Å². The Kier molecular flexibility index (Phi) is 6.59. The van der Waals surface area contributed by atoms with E-state index in [1.54, 1.807) is 11.8 Å². The summed E-state index contributed by atoms with van der Waals surface area (Å²) in [6.45, 7) is 0. The predicted molar refractivity (Wildman–Crippen MR) is 119 cm³/mol. The van der Waals surface area contributed by atoms with Gasteiger partial charge < -0.3 is 10.1 Å². The molecule has 1 heterocycles. The maximum absolute atomic E-state index is 12.8. The molecule has 0 aliphatic rings. The topological polar surface area (TPSA) is 81.9 Å². The molecule has 0 fully saturated rings. The number of aromatic nitrogens is 4. The van der Waals surface area contributed by atoms with E-state index in [4.69, 9.17) is 4.74 Å². The Labute approximate surface area is 184 Å². The van der Waals surface area contributed by atoms with Crippen molar-refractivity contribution in [1.29, 1.82) is 0 Å². The molecule has 0 aliphatic carbocycles. The van der Waals surface area contributed by atoms with Crippen LogP contribution in [0.5, 0.6) is 5.75 Å². The lowest BCUT2D eigenvalue weighted by atomic mass is 9.99. The number of carbonyl (C=O) groups excluding carboxylic acids is 1. The highest BCUT2D eigenvalue weighted by Gasteiger charge is 2.19. The molecule has 0 atom stereocenters. The zero-order valence-corrected chi connectivity index (χ0v) is 17.7. The van der Waals surface area contributed by atoms with Crippen LogP contribution in [0.3, 0.4) is 0 Å². The molecule has 4 rings (SSSR count). The SMILES string of the molecule is COc1ccccc1-n1nnnc1SCC(=O)NC(c1ccccc1)c1ccccc1. The van der Waals surface area contributed by atoms with Gasteiger partial charge in [0.1, 0.15) is 11.4 Å². The first-order valence-corrected chi connectivity index (χ1v) is 10.7. The number of ether oxygens (including phenoxy) is 1. The van der Waals surface area contributed by atoms with Crippen molar-refractivity contribution >= 4 is 17.7 Å². The van der Waals surface area contributed by atoms with Crippen molar-refractivity contribution in [3.05, 3.63) is 96.1 Å². The van der Waals surface area contributed by atoms with Crippen LogP contribution in [0.15, 0.2) is 90.1 Å². The lowest BCUT2D eigenvalue weighted by Gasteiger charge is -2.19. The largest absolute Gasteiger partial charge is 0.494 e. The highest BCUT2D eigenvalue weighted by Crippen LogP contribution is 2.26. The van der Waals surface area contributed by atoms with E-state index in [1.165, 1.54) is 11.8 Å². The Balaban J connectivity index is 1.49. The minimum absolute atomic E-state index is 0.114. The molecule has 156 valence electrons. The summed E-state index contributed by atoms with van der Waals surface area (Å²) in [5, 5.41) is 15.5. The van der Waals surface area contributed by atoms with Gasteiger partial charge in [-0.25, -0.2) is 0 Å². The average molecular weight is 432 g/mol. The summed E-state index contributed by atoms with van der Waals surface area (Å²) in [6.07, 6.45) is 0. The van der Waals surface area contributed by atoms with E-state index in [-0.39, 0.29) is 17.7 Å². The maximum Gasteiger partial charge on any atom is 0.231 e. The van der Waals surface area contributed by atoms with Crippen molar-refractivity contribution in [1.82, 2.24) is 25.5 Å². The van der Waals surface area contributed by atoms with Crippen LogP contribution < -0.4 is 10.1 Å². The van der Waals surface area contributed by atoms with Crippen molar-refractivity contribution in [2.24, 2.45) is 0 Å². The second-order valence-corrected chi connectivity index (χ2v) is 7.60.